The fourth-order valence-corrected chi connectivity index (χ4v) is 5.32. The highest BCUT2D eigenvalue weighted by atomic mass is 32.2. The molecule has 0 aromatic heterocycles. The Kier molecular flexibility index (Phi) is 8.15. The van der Waals surface area contributed by atoms with E-state index in [1.807, 2.05) is 18.4 Å². The first-order valence-electron chi connectivity index (χ1n) is 12.0. The second kappa shape index (κ2) is 11.3. The topological polar surface area (TPSA) is 85.6 Å². The van der Waals surface area contributed by atoms with Crippen molar-refractivity contribution in [2.45, 2.75) is 75.1 Å². The van der Waals surface area contributed by atoms with Crippen molar-refractivity contribution in [1.82, 2.24) is 0 Å². The van der Waals surface area contributed by atoms with Crippen molar-refractivity contribution in [1.29, 1.82) is 5.26 Å². The van der Waals surface area contributed by atoms with Gasteiger partial charge in [-0.05, 0) is 59.8 Å². The van der Waals surface area contributed by atoms with Gasteiger partial charge in [0, 0.05) is 31.6 Å². The summed E-state index contributed by atoms with van der Waals surface area (Å²) >= 11 is 1.53. The van der Waals surface area contributed by atoms with Gasteiger partial charge in [-0.25, -0.2) is 0 Å². The van der Waals surface area contributed by atoms with Gasteiger partial charge in [0.1, 0.15) is 18.8 Å². The van der Waals surface area contributed by atoms with Crippen molar-refractivity contribution < 1.29 is 23.8 Å². The minimum absolute atomic E-state index is 0.107. The van der Waals surface area contributed by atoms with E-state index in [0.29, 0.717) is 30.7 Å². The quantitative estimate of drug-likeness (QED) is 0.356. The van der Waals surface area contributed by atoms with Crippen molar-refractivity contribution >= 4 is 23.7 Å². The van der Waals surface area contributed by atoms with E-state index < -0.39 is 0 Å². The summed E-state index contributed by atoms with van der Waals surface area (Å²) in [6.45, 7) is 2.86. The summed E-state index contributed by atoms with van der Waals surface area (Å²) < 4.78 is 17.0. The number of nitriles is 1. The van der Waals surface area contributed by atoms with Crippen LogP contribution in [0.3, 0.4) is 0 Å². The molecule has 0 bridgehead atoms. The van der Waals surface area contributed by atoms with Gasteiger partial charge >= 0.3 is 11.9 Å². The van der Waals surface area contributed by atoms with E-state index in [1.54, 1.807) is 0 Å². The molecule has 1 heterocycles. The molecule has 184 valence electrons. The molecule has 0 radical (unpaired) electrons. The predicted octanol–water partition coefficient (Wildman–Crippen LogP) is 5.46. The number of benzene rings is 2. The first-order chi connectivity index (χ1) is 16.9. The van der Waals surface area contributed by atoms with Crippen LogP contribution >= 0.6 is 11.8 Å². The monoisotopic (exact) mass is 493 g/mol. The van der Waals surface area contributed by atoms with Crippen LogP contribution in [-0.2, 0) is 30.2 Å². The lowest BCUT2D eigenvalue weighted by atomic mass is 9.91. The Balaban J connectivity index is 1.62. The third-order valence-electron chi connectivity index (χ3n) is 6.50. The number of nitrogens with zero attached hydrogens (tertiary/aromatic N) is 1. The summed E-state index contributed by atoms with van der Waals surface area (Å²) in [4.78, 5) is 23.9. The lowest BCUT2D eigenvalue weighted by Crippen LogP contribution is -2.37. The van der Waals surface area contributed by atoms with Crippen LogP contribution in [0.5, 0.6) is 0 Å². The average molecular weight is 494 g/mol. The molecular weight excluding hydrogens is 462 g/mol. The van der Waals surface area contributed by atoms with Crippen molar-refractivity contribution in [2.24, 2.45) is 0 Å². The molecule has 1 aliphatic carbocycles. The van der Waals surface area contributed by atoms with Gasteiger partial charge in [-0.15, -0.1) is 11.8 Å². The van der Waals surface area contributed by atoms with Gasteiger partial charge < -0.3 is 14.2 Å². The number of rotatable bonds is 8. The molecule has 6 nitrogen and oxygen atoms in total. The molecule has 1 aliphatic heterocycles. The third-order valence-corrected chi connectivity index (χ3v) is 7.26. The number of hydrogen-bond acceptors (Lipinski definition) is 7. The smallest absolute Gasteiger partial charge is 0.302 e. The van der Waals surface area contributed by atoms with Crippen molar-refractivity contribution in [2.75, 3.05) is 12.9 Å². The zero-order valence-electron chi connectivity index (χ0n) is 20.4. The summed E-state index contributed by atoms with van der Waals surface area (Å²) in [6, 6.07) is 15.1. The van der Waals surface area contributed by atoms with Crippen LogP contribution in [0.25, 0.3) is 0 Å². The Labute approximate surface area is 210 Å². The molecule has 35 heavy (non-hydrogen) atoms. The summed E-state index contributed by atoms with van der Waals surface area (Å²) in [6.07, 6.45) is 5.06. The first-order valence-corrected chi connectivity index (χ1v) is 13.2. The molecule has 3 atom stereocenters. The van der Waals surface area contributed by atoms with Crippen LogP contribution in [-0.4, -0.2) is 37.0 Å². The SMILES string of the molecule is CSc1cc([C@H]2C[C@@H](OC(C)=O)C[C@@H](COC(C)=O)O2)cc(Cc2ccc(C3CC3)cc2)c1C#N. The number of carbonyl (C=O) groups is 2. The second-order valence-electron chi connectivity index (χ2n) is 9.31. The maximum absolute atomic E-state index is 11.7. The van der Waals surface area contributed by atoms with E-state index in [0.717, 1.165) is 21.6 Å². The van der Waals surface area contributed by atoms with Crippen LogP contribution in [0.2, 0.25) is 0 Å². The molecule has 0 unspecified atom stereocenters. The predicted molar refractivity (Wildman–Crippen MR) is 133 cm³/mol. The Bertz CT molecular complexity index is 1120. The van der Waals surface area contributed by atoms with Crippen LogP contribution in [0.15, 0.2) is 41.3 Å². The highest BCUT2D eigenvalue weighted by Crippen LogP contribution is 2.40. The van der Waals surface area contributed by atoms with E-state index in [-0.39, 0.29) is 36.9 Å². The summed E-state index contributed by atoms with van der Waals surface area (Å²) in [7, 11) is 0. The van der Waals surface area contributed by atoms with Gasteiger partial charge in [0.15, 0.2) is 0 Å². The van der Waals surface area contributed by atoms with E-state index in [1.165, 1.54) is 44.0 Å². The van der Waals surface area contributed by atoms with E-state index >= 15 is 0 Å². The van der Waals surface area contributed by atoms with E-state index in [9.17, 15) is 14.9 Å². The first kappa shape index (κ1) is 25.3. The fraction of sp³-hybridized carbons (Fsp3) is 0.464. The lowest BCUT2D eigenvalue weighted by molar-refractivity contribution is -0.169. The zero-order chi connectivity index (χ0) is 24.9. The van der Waals surface area contributed by atoms with Crippen molar-refractivity contribution in [3.05, 3.63) is 64.2 Å². The molecule has 0 amide bonds. The number of hydrogen-bond donors (Lipinski definition) is 0. The average Bonchev–Trinajstić information content (AvgIpc) is 3.67. The van der Waals surface area contributed by atoms with Crippen LogP contribution < -0.4 is 0 Å². The van der Waals surface area contributed by atoms with Crippen LogP contribution in [0.1, 0.15) is 79.4 Å². The van der Waals surface area contributed by atoms with Gasteiger partial charge in [-0.3, -0.25) is 9.59 Å². The van der Waals surface area contributed by atoms with Gasteiger partial charge in [0.05, 0.1) is 17.8 Å². The Hall–Kier alpha value is -2.82. The molecule has 2 aliphatic rings. The van der Waals surface area contributed by atoms with Crippen LogP contribution in [0, 0.1) is 11.3 Å². The number of carbonyl (C=O) groups excluding carboxylic acids is 2. The standard InChI is InChI=1S/C28H31NO5S/c1-17(30)32-16-25-13-24(33-18(2)31)14-27(34-25)23-11-22(26(15-29)28(12-23)35-3)10-19-4-6-20(7-5-19)21-8-9-21/h4-7,11-12,21,24-25,27H,8-10,13-14,16H2,1-3H3/t24-,25-,27+/m0/s1. The minimum Gasteiger partial charge on any atom is -0.463 e. The molecule has 0 spiro atoms. The van der Waals surface area contributed by atoms with Gasteiger partial charge in [0.25, 0.3) is 0 Å². The Morgan fingerprint density at radius 2 is 1.83 bits per heavy atom. The maximum atomic E-state index is 11.7. The fourth-order valence-electron chi connectivity index (χ4n) is 4.69. The third kappa shape index (κ3) is 6.65. The van der Waals surface area contributed by atoms with Gasteiger partial charge in [-0.2, -0.15) is 5.26 Å². The number of thioether (sulfide) groups is 1. The Morgan fingerprint density at radius 3 is 2.43 bits per heavy atom. The summed E-state index contributed by atoms with van der Waals surface area (Å²) in [5, 5.41) is 9.94. The lowest BCUT2D eigenvalue weighted by Gasteiger charge is -2.35. The van der Waals surface area contributed by atoms with Crippen molar-refractivity contribution in [3.63, 3.8) is 0 Å². The second-order valence-corrected chi connectivity index (χ2v) is 10.2. The molecule has 2 aromatic rings. The van der Waals surface area contributed by atoms with E-state index in [4.69, 9.17) is 14.2 Å². The van der Waals surface area contributed by atoms with E-state index in [2.05, 4.69) is 30.3 Å². The van der Waals surface area contributed by atoms with Gasteiger partial charge in [-0.1, -0.05) is 30.3 Å². The molecule has 1 saturated carbocycles. The molecule has 7 heteroatoms. The highest BCUT2D eigenvalue weighted by Gasteiger charge is 2.33. The molecule has 4 rings (SSSR count). The maximum Gasteiger partial charge on any atom is 0.302 e. The Morgan fingerprint density at radius 1 is 1.09 bits per heavy atom. The highest BCUT2D eigenvalue weighted by molar-refractivity contribution is 7.98. The molecular formula is C28H31NO5S. The van der Waals surface area contributed by atoms with Crippen molar-refractivity contribution in [3.8, 4) is 6.07 Å². The molecule has 1 saturated heterocycles. The van der Waals surface area contributed by atoms with Gasteiger partial charge in [0.2, 0.25) is 0 Å². The summed E-state index contributed by atoms with van der Waals surface area (Å²) in [5.41, 5.74) is 5.10. The normalized spacial score (nSPS) is 21.7. The number of esters is 2. The minimum atomic E-state index is -0.381. The molecule has 2 aromatic carbocycles. The molecule has 0 N–H and O–H groups in total. The number of ether oxygens (including phenoxy) is 3. The zero-order valence-corrected chi connectivity index (χ0v) is 21.2. The summed E-state index contributed by atoms with van der Waals surface area (Å²) in [5.74, 6) is -0.0154. The molecule has 2 fully saturated rings. The largest absolute Gasteiger partial charge is 0.463 e. The van der Waals surface area contributed by atoms with Crippen LogP contribution in [0.4, 0.5) is 0 Å².